The van der Waals surface area contributed by atoms with Crippen molar-refractivity contribution in [3.63, 3.8) is 0 Å². The molecule has 2 amide bonds. The van der Waals surface area contributed by atoms with Crippen LogP contribution >= 0.6 is 0 Å². The number of nitrogens with zero attached hydrogens (tertiary/aromatic N) is 3. The molecular weight excluding hydrogens is 417 g/mol. The lowest BCUT2D eigenvalue weighted by Crippen LogP contribution is -2.33. The SMILES string of the molecule is CC(=O)NC[C@H]1CN(c2ccc(C3=C[C@@H]4[C@H](C3)[C@H]4c3nc(C#N)c(N)o3)c(F)c2)C(=O)O1. The summed E-state index contributed by atoms with van der Waals surface area (Å²) in [6, 6.07) is 6.59. The van der Waals surface area contributed by atoms with E-state index in [1.807, 2.05) is 12.1 Å². The second-order valence-corrected chi connectivity index (χ2v) is 8.26. The summed E-state index contributed by atoms with van der Waals surface area (Å²) in [6.07, 6.45) is 1.63. The highest BCUT2D eigenvalue weighted by molar-refractivity contribution is 5.90. The zero-order valence-corrected chi connectivity index (χ0v) is 17.2. The summed E-state index contributed by atoms with van der Waals surface area (Å²) in [4.78, 5) is 28.7. The van der Waals surface area contributed by atoms with E-state index in [0.29, 0.717) is 23.6 Å². The van der Waals surface area contributed by atoms with Gasteiger partial charge < -0.3 is 20.2 Å². The van der Waals surface area contributed by atoms with Gasteiger partial charge in [0.2, 0.25) is 23.4 Å². The Hall–Kier alpha value is -3.87. The van der Waals surface area contributed by atoms with Crippen LogP contribution in [0.1, 0.15) is 36.4 Å². The molecule has 2 aliphatic carbocycles. The summed E-state index contributed by atoms with van der Waals surface area (Å²) in [5.74, 6) is 0.340. The van der Waals surface area contributed by atoms with Crippen LogP contribution in [0.4, 0.5) is 20.8 Å². The number of rotatable bonds is 5. The largest absolute Gasteiger partial charge is 0.442 e. The molecule has 1 aromatic heterocycles. The van der Waals surface area contributed by atoms with Gasteiger partial charge in [-0.3, -0.25) is 9.69 Å². The normalized spacial score (nSPS) is 25.7. The first-order chi connectivity index (χ1) is 15.4. The summed E-state index contributed by atoms with van der Waals surface area (Å²) < 4.78 is 25.6. The Morgan fingerprint density at radius 1 is 1.47 bits per heavy atom. The van der Waals surface area contributed by atoms with Gasteiger partial charge in [-0.1, -0.05) is 6.08 Å². The minimum absolute atomic E-state index is 0.0260. The molecular formula is C22H20FN5O4. The summed E-state index contributed by atoms with van der Waals surface area (Å²) >= 11 is 0. The maximum atomic E-state index is 14.9. The molecule has 2 fully saturated rings. The number of carbonyl (C=O) groups is 2. The van der Waals surface area contributed by atoms with Crippen LogP contribution in [-0.4, -0.2) is 36.2 Å². The van der Waals surface area contributed by atoms with Gasteiger partial charge in [-0.15, -0.1) is 0 Å². The van der Waals surface area contributed by atoms with Crippen LogP contribution in [0.25, 0.3) is 5.57 Å². The number of anilines is 2. The van der Waals surface area contributed by atoms with E-state index in [4.69, 9.17) is 20.1 Å². The molecule has 9 nitrogen and oxygen atoms in total. The number of carbonyl (C=O) groups excluding carboxylic acids is 2. The summed E-state index contributed by atoms with van der Waals surface area (Å²) in [5, 5.41) is 11.6. The standard InChI is InChI=1S/C22H20FN5O4/c1-10(29)26-8-13-9-28(22(30)31-13)12-2-3-14(17(23)6-12)11-4-15-16(5-11)19(15)21-27-18(7-24)20(25)32-21/h2-4,6,13,15-16,19H,5,8-9,25H2,1H3,(H,26,29)/t13-,15+,16-,19-/m0/s1. The highest BCUT2D eigenvalue weighted by Crippen LogP contribution is 2.63. The predicted molar refractivity (Wildman–Crippen MR) is 111 cm³/mol. The third-order valence-electron chi connectivity index (χ3n) is 6.20. The van der Waals surface area contributed by atoms with Gasteiger partial charge in [-0.25, -0.2) is 14.2 Å². The van der Waals surface area contributed by atoms with E-state index in [0.717, 1.165) is 5.57 Å². The number of nitriles is 1. The van der Waals surface area contributed by atoms with E-state index < -0.39 is 18.0 Å². The first-order valence-corrected chi connectivity index (χ1v) is 10.2. The van der Waals surface area contributed by atoms with Crippen molar-refractivity contribution in [2.24, 2.45) is 11.8 Å². The molecule has 4 atom stereocenters. The van der Waals surface area contributed by atoms with Crippen LogP contribution in [0.15, 0.2) is 28.7 Å². The number of nitrogens with one attached hydrogen (secondary N) is 1. The number of ether oxygens (including phenoxy) is 1. The molecule has 1 aromatic carbocycles. The van der Waals surface area contributed by atoms with Crippen molar-refractivity contribution < 1.29 is 23.1 Å². The second-order valence-electron chi connectivity index (χ2n) is 8.26. The molecule has 32 heavy (non-hydrogen) atoms. The fourth-order valence-electron chi connectivity index (χ4n) is 4.59. The molecule has 1 saturated carbocycles. The number of nitrogens with two attached hydrogens (primary N) is 1. The van der Waals surface area contributed by atoms with E-state index >= 15 is 0 Å². The average Bonchev–Trinajstić information content (AvgIpc) is 3.10. The van der Waals surface area contributed by atoms with Gasteiger partial charge in [-0.2, -0.15) is 5.26 Å². The minimum atomic E-state index is -0.571. The Bertz CT molecular complexity index is 1200. The lowest BCUT2D eigenvalue weighted by molar-refractivity contribution is -0.119. The second kappa shape index (κ2) is 7.37. The zero-order valence-electron chi connectivity index (χ0n) is 17.2. The number of benzene rings is 1. The van der Waals surface area contributed by atoms with E-state index in [-0.39, 0.29) is 48.3 Å². The van der Waals surface area contributed by atoms with Crippen molar-refractivity contribution in [2.75, 3.05) is 23.7 Å². The van der Waals surface area contributed by atoms with Crippen molar-refractivity contribution in [3.05, 3.63) is 47.2 Å². The smallest absolute Gasteiger partial charge is 0.414 e. The zero-order chi connectivity index (χ0) is 22.6. The van der Waals surface area contributed by atoms with E-state index in [1.165, 1.54) is 17.9 Å². The number of allylic oxidation sites excluding steroid dienone is 2. The fraction of sp³-hybridized carbons (Fsp3) is 0.364. The molecule has 2 aromatic rings. The summed E-state index contributed by atoms with van der Waals surface area (Å²) in [7, 11) is 0. The monoisotopic (exact) mass is 437 g/mol. The molecule has 2 heterocycles. The Morgan fingerprint density at radius 3 is 2.91 bits per heavy atom. The lowest BCUT2D eigenvalue weighted by Gasteiger charge is -2.15. The van der Waals surface area contributed by atoms with Crippen LogP contribution in [0.5, 0.6) is 0 Å². The number of amides is 2. The lowest BCUT2D eigenvalue weighted by atomic mass is 10.00. The highest BCUT2D eigenvalue weighted by Gasteiger charge is 2.56. The highest BCUT2D eigenvalue weighted by atomic mass is 19.1. The molecule has 0 radical (unpaired) electrons. The number of cyclic esters (lactones) is 1. The Balaban J connectivity index is 1.28. The van der Waals surface area contributed by atoms with Gasteiger partial charge >= 0.3 is 6.09 Å². The number of hydrogen-bond acceptors (Lipinski definition) is 7. The van der Waals surface area contributed by atoms with Gasteiger partial charge in [0.1, 0.15) is 18.0 Å². The van der Waals surface area contributed by atoms with Gasteiger partial charge in [-0.05, 0) is 42.0 Å². The fourth-order valence-corrected chi connectivity index (χ4v) is 4.59. The van der Waals surface area contributed by atoms with Crippen LogP contribution in [0.2, 0.25) is 0 Å². The molecule has 3 N–H and O–H groups in total. The third kappa shape index (κ3) is 3.36. The van der Waals surface area contributed by atoms with Crippen LogP contribution in [-0.2, 0) is 9.53 Å². The molecule has 1 aliphatic heterocycles. The Morgan fingerprint density at radius 2 is 2.28 bits per heavy atom. The number of aromatic nitrogens is 1. The van der Waals surface area contributed by atoms with Gasteiger partial charge in [0.25, 0.3) is 0 Å². The third-order valence-corrected chi connectivity index (χ3v) is 6.20. The topological polar surface area (TPSA) is 134 Å². The first kappa shape index (κ1) is 20.1. The summed E-state index contributed by atoms with van der Waals surface area (Å²) in [6.45, 7) is 1.83. The molecule has 164 valence electrons. The number of halogens is 1. The quantitative estimate of drug-likeness (QED) is 0.734. The number of hydrogen-bond donors (Lipinski definition) is 2. The molecule has 5 rings (SSSR count). The predicted octanol–water partition coefficient (Wildman–Crippen LogP) is 2.55. The van der Waals surface area contributed by atoms with Crippen molar-refractivity contribution in [3.8, 4) is 6.07 Å². The number of fused-ring (bicyclic) bond motifs is 1. The number of oxazole rings is 1. The summed E-state index contributed by atoms with van der Waals surface area (Å²) in [5.41, 5.74) is 7.53. The Kier molecular flexibility index (Phi) is 4.62. The molecule has 1 saturated heterocycles. The molecule has 0 unspecified atom stereocenters. The van der Waals surface area contributed by atoms with E-state index in [9.17, 15) is 14.0 Å². The van der Waals surface area contributed by atoms with Gasteiger partial charge in [0, 0.05) is 18.4 Å². The van der Waals surface area contributed by atoms with Gasteiger partial charge in [0.15, 0.2) is 0 Å². The molecule has 3 aliphatic rings. The molecule has 0 bridgehead atoms. The van der Waals surface area contributed by atoms with E-state index in [1.54, 1.807) is 12.1 Å². The van der Waals surface area contributed by atoms with Crippen LogP contribution in [0.3, 0.4) is 0 Å². The van der Waals surface area contributed by atoms with Gasteiger partial charge in [0.05, 0.1) is 18.8 Å². The van der Waals surface area contributed by atoms with Crippen LogP contribution in [0, 0.1) is 29.0 Å². The maximum Gasteiger partial charge on any atom is 0.414 e. The van der Waals surface area contributed by atoms with Crippen molar-refractivity contribution >= 4 is 29.1 Å². The van der Waals surface area contributed by atoms with Crippen LogP contribution < -0.4 is 16.0 Å². The average molecular weight is 437 g/mol. The Labute approximate surface area is 182 Å². The maximum absolute atomic E-state index is 14.9. The van der Waals surface area contributed by atoms with Crippen molar-refractivity contribution in [1.29, 1.82) is 5.26 Å². The number of nitrogen functional groups attached to an aromatic ring is 1. The van der Waals surface area contributed by atoms with E-state index in [2.05, 4.69) is 10.3 Å². The minimum Gasteiger partial charge on any atom is -0.442 e. The molecule has 0 spiro atoms. The van der Waals surface area contributed by atoms with Crippen molar-refractivity contribution in [2.45, 2.75) is 25.4 Å². The molecule has 10 heteroatoms. The first-order valence-electron chi connectivity index (χ1n) is 10.2. The van der Waals surface area contributed by atoms with Crippen molar-refractivity contribution in [1.82, 2.24) is 10.3 Å².